The maximum Gasteiger partial charge on any atom is 0.254 e. The van der Waals surface area contributed by atoms with Crippen molar-refractivity contribution in [2.24, 2.45) is 0 Å². The third kappa shape index (κ3) is 4.70. The summed E-state index contributed by atoms with van der Waals surface area (Å²) in [6, 6.07) is 11.8. The summed E-state index contributed by atoms with van der Waals surface area (Å²) in [5, 5.41) is 3.30. The van der Waals surface area contributed by atoms with E-state index in [1.54, 1.807) is 49.5 Å². The highest BCUT2D eigenvalue weighted by atomic mass is 79.9. The first kappa shape index (κ1) is 17.8. The normalized spacial score (nSPS) is 10.3. The standard InChI is InChI=1S/C16H13BrCl2N2O2/c1-21(16(23)10-5-7-11(17)8-6-10)9-14(22)20-15-12(18)3-2-4-13(15)19/h2-8H,9H2,1H3,(H,20,22). The van der Waals surface area contributed by atoms with Gasteiger partial charge in [-0.05, 0) is 36.4 Å². The predicted molar refractivity (Wildman–Crippen MR) is 96.2 cm³/mol. The van der Waals surface area contributed by atoms with Crippen molar-refractivity contribution in [3.8, 4) is 0 Å². The quantitative estimate of drug-likeness (QED) is 0.800. The van der Waals surface area contributed by atoms with Gasteiger partial charge in [-0.15, -0.1) is 0 Å². The van der Waals surface area contributed by atoms with Crippen LogP contribution >= 0.6 is 39.1 Å². The molecule has 0 radical (unpaired) electrons. The number of anilines is 1. The fraction of sp³-hybridized carbons (Fsp3) is 0.125. The van der Waals surface area contributed by atoms with Crippen LogP contribution < -0.4 is 5.32 Å². The molecule has 0 unspecified atom stereocenters. The van der Waals surface area contributed by atoms with Gasteiger partial charge in [-0.1, -0.05) is 45.2 Å². The summed E-state index contributed by atoms with van der Waals surface area (Å²) in [5.41, 5.74) is 0.838. The Morgan fingerprint density at radius 2 is 1.65 bits per heavy atom. The Balaban J connectivity index is 2.02. The minimum atomic E-state index is -0.382. The number of nitrogens with zero attached hydrogens (tertiary/aromatic N) is 1. The van der Waals surface area contributed by atoms with Gasteiger partial charge in [0.25, 0.3) is 5.91 Å². The Morgan fingerprint density at radius 3 is 2.22 bits per heavy atom. The lowest BCUT2D eigenvalue weighted by Gasteiger charge is -2.17. The number of hydrogen-bond donors (Lipinski definition) is 1. The van der Waals surface area contributed by atoms with E-state index < -0.39 is 0 Å². The van der Waals surface area contributed by atoms with E-state index in [1.165, 1.54) is 4.90 Å². The Morgan fingerprint density at radius 1 is 1.09 bits per heavy atom. The van der Waals surface area contributed by atoms with E-state index in [1.807, 2.05) is 0 Å². The van der Waals surface area contributed by atoms with Crippen LogP contribution in [0.25, 0.3) is 0 Å². The topological polar surface area (TPSA) is 49.4 Å². The number of carbonyl (C=O) groups is 2. The second kappa shape index (κ2) is 7.81. The van der Waals surface area contributed by atoms with Crippen molar-refractivity contribution in [3.63, 3.8) is 0 Å². The third-order valence-electron chi connectivity index (χ3n) is 3.05. The first-order valence-corrected chi connectivity index (χ1v) is 8.18. The molecule has 1 N–H and O–H groups in total. The van der Waals surface area contributed by atoms with Gasteiger partial charge in [0, 0.05) is 17.1 Å². The molecule has 0 fully saturated rings. The van der Waals surface area contributed by atoms with Crippen molar-refractivity contribution < 1.29 is 9.59 Å². The van der Waals surface area contributed by atoms with Crippen LogP contribution in [-0.2, 0) is 4.79 Å². The number of carbonyl (C=O) groups excluding carboxylic acids is 2. The van der Waals surface area contributed by atoms with Gasteiger partial charge in [-0.3, -0.25) is 9.59 Å². The van der Waals surface area contributed by atoms with Crippen LogP contribution in [-0.4, -0.2) is 30.3 Å². The van der Waals surface area contributed by atoms with E-state index in [0.29, 0.717) is 21.3 Å². The fourth-order valence-corrected chi connectivity index (χ4v) is 2.65. The van der Waals surface area contributed by atoms with Crippen molar-refractivity contribution in [2.75, 3.05) is 18.9 Å². The second-order valence-electron chi connectivity index (χ2n) is 4.81. The smallest absolute Gasteiger partial charge is 0.254 e. The zero-order valence-corrected chi connectivity index (χ0v) is 15.2. The number of halogens is 3. The van der Waals surface area contributed by atoms with Crippen LogP contribution in [0, 0.1) is 0 Å². The maximum atomic E-state index is 12.3. The summed E-state index contributed by atoms with van der Waals surface area (Å²) >= 11 is 15.3. The molecule has 7 heteroatoms. The minimum Gasteiger partial charge on any atom is -0.332 e. The van der Waals surface area contributed by atoms with Crippen LogP contribution in [0.15, 0.2) is 46.9 Å². The summed E-state index contributed by atoms with van der Waals surface area (Å²) in [7, 11) is 1.55. The van der Waals surface area contributed by atoms with Gasteiger partial charge in [0.1, 0.15) is 0 Å². The molecule has 2 amide bonds. The molecule has 2 aromatic carbocycles. The summed E-state index contributed by atoms with van der Waals surface area (Å²) in [6.07, 6.45) is 0. The highest BCUT2D eigenvalue weighted by molar-refractivity contribution is 9.10. The lowest BCUT2D eigenvalue weighted by Crippen LogP contribution is -2.35. The molecular weight excluding hydrogens is 403 g/mol. The number of para-hydroxylation sites is 1. The molecular formula is C16H13BrCl2N2O2. The third-order valence-corrected chi connectivity index (χ3v) is 4.20. The first-order valence-electron chi connectivity index (χ1n) is 6.63. The molecule has 120 valence electrons. The average molecular weight is 416 g/mol. The Bertz CT molecular complexity index is 715. The van der Waals surface area contributed by atoms with E-state index >= 15 is 0 Å². The number of nitrogens with one attached hydrogen (secondary N) is 1. The zero-order chi connectivity index (χ0) is 17.0. The molecule has 0 bridgehead atoms. The van der Waals surface area contributed by atoms with Gasteiger partial charge < -0.3 is 10.2 Å². The summed E-state index contributed by atoms with van der Waals surface area (Å²) < 4.78 is 0.878. The Hall–Kier alpha value is -1.56. The molecule has 0 aromatic heterocycles. The minimum absolute atomic E-state index is 0.115. The number of rotatable bonds is 4. The SMILES string of the molecule is CN(CC(=O)Nc1c(Cl)cccc1Cl)C(=O)c1ccc(Br)cc1. The van der Waals surface area contributed by atoms with Crippen LogP contribution in [0.5, 0.6) is 0 Å². The van der Waals surface area contributed by atoms with Crippen molar-refractivity contribution in [2.45, 2.75) is 0 Å². The number of hydrogen-bond acceptors (Lipinski definition) is 2. The molecule has 23 heavy (non-hydrogen) atoms. The zero-order valence-electron chi connectivity index (χ0n) is 12.1. The van der Waals surface area contributed by atoms with E-state index in [2.05, 4.69) is 21.2 Å². The van der Waals surface area contributed by atoms with Crippen molar-refractivity contribution >= 4 is 56.6 Å². The Kier molecular flexibility index (Phi) is 6.04. The fourth-order valence-electron chi connectivity index (χ4n) is 1.90. The molecule has 0 saturated carbocycles. The summed E-state index contributed by atoms with van der Waals surface area (Å²) in [6.45, 7) is -0.115. The average Bonchev–Trinajstić information content (AvgIpc) is 2.51. The van der Waals surface area contributed by atoms with Crippen LogP contribution in [0.3, 0.4) is 0 Å². The second-order valence-corrected chi connectivity index (χ2v) is 6.54. The van der Waals surface area contributed by atoms with Gasteiger partial charge in [0.15, 0.2) is 0 Å². The van der Waals surface area contributed by atoms with Gasteiger partial charge in [0.05, 0.1) is 22.3 Å². The van der Waals surface area contributed by atoms with Gasteiger partial charge in [0.2, 0.25) is 5.91 Å². The number of likely N-dealkylation sites (N-methyl/N-ethyl adjacent to an activating group) is 1. The molecule has 0 aliphatic carbocycles. The van der Waals surface area contributed by atoms with Gasteiger partial charge >= 0.3 is 0 Å². The molecule has 0 saturated heterocycles. The molecule has 0 heterocycles. The highest BCUT2D eigenvalue weighted by Crippen LogP contribution is 2.29. The van der Waals surface area contributed by atoms with Gasteiger partial charge in [-0.25, -0.2) is 0 Å². The molecule has 0 atom stereocenters. The molecule has 0 spiro atoms. The van der Waals surface area contributed by atoms with Crippen molar-refractivity contribution in [1.82, 2.24) is 4.90 Å². The predicted octanol–water partition coefficient (Wildman–Crippen LogP) is 4.47. The van der Waals surface area contributed by atoms with Crippen molar-refractivity contribution in [1.29, 1.82) is 0 Å². The highest BCUT2D eigenvalue weighted by Gasteiger charge is 2.16. The van der Waals surface area contributed by atoms with E-state index in [4.69, 9.17) is 23.2 Å². The maximum absolute atomic E-state index is 12.3. The lowest BCUT2D eigenvalue weighted by molar-refractivity contribution is -0.116. The molecule has 0 aliphatic heterocycles. The van der Waals surface area contributed by atoms with Crippen LogP contribution in [0.1, 0.15) is 10.4 Å². The van der Waals surface area contributed by atoms with Crippen LogP contribution in [0.2, 0.25) is 10.0 Å². The molecule has 2 rings (SSSR count). The van der Waals surface area contributed by atoms with E-state index in [0.717, 1.165) is 4.47 Å². The van der Waals surface area contributed by atoms with E-state index in [-0.39, 0.29) is 18.4 Å². The first-order chi connectivity index (χ1) is 10.9. The molecule has 2 aromatic rings. The van der Waals surface area contributed by atoms with E-state index in [9.17, 15) is 9.59 Å². The van der Waals surface area contributed by atoms with Gasteiger partial charge in [-0.2, -0.15) is 0 Å². The summed E-state index contributed by atoms with van der Waals surface area (Å²) in [4.78, 5) is 25.7. The Labute approximate surface area is 152 Å². The lowest BCUT2D eigenvalue weighted by atomic mass is 10.2. The summed E-state index contributed by atoms with van der Waals surface area (Å²) in [5.74, 6) is -0.633. The molecule has 0 aliphatic rings. The monoisotopic (exact) mass is 414 g/mol. The van der Waals surface area contributed by atoms with Crippen LogP contribution in [0.4, 0.5) is 5.69 Å². The number of amides is 2. The molecule has 4 nitrogen and oxygen atoms in total. The number of benzene rings is 2. The van der Waals surface area contributed by atoms with Crippen molar-refractivity contribution in [3.05, 3.63) is 62.5 Å². The largest absolute Gasteiger partial charge is 0.332 e.